The number of anilines is 1. The van der Waals surface area contributed by atoms with Crippen molar-refractivity contribution in [3.05, 3.63) is 29.8 Å². The van der Waals surface area contributed by atoms with Gasteiger partial charge in [0.25, 0.3) is 5.91 Å². The fraction of sp³-hybridized carbons (Fsp3) is 0.556. The molecule has 2 amide bonds. The van der Waals surface area contributed by atoms with E-state index >= 15 is 0 Å². The number of nitrogens with zero attached hydrogens (tertiary/aromatic N) is 2. The number of nitrogens with one attached hydrogen (secondary N) is 1. The second kappa shape index (κ2) is 8.26. The summed E-state index contributed by atoms with van der Waals surface area (Å²) in [5.74, 6) is 0.216. The summed E-state index contributed by atoms with van der Waals surface area (Å²) in [4.78, 5) is 28.6. The summed E-state index contributed by atoms with van der Waals surface area (Å²) in [5, 5.41) is 2.80. The first-order chi connectivity index (χ1) is 11.4. The zero-order chi connectivity index (χ0) is 17.7. The minimum absolute atomic E-state index is 0.0393. The van der Waals surface area contributed by atoms with Crippen LogP contribution >= 0.6 is 0 Å². The molecule has 132 valence electrons. The fourth-order valence-corrected chi connectivity index (χ4v) is 2.74. The number of amides is 2. The molecule has 0 unspecified atom stereocenters. The van der Waals surface area contributed by atoms with Crippen molar-refractivity contribution < 1.29 is 9.59 Å². The highest BCUT2D eigenvalue weighted by atomic mass is 16.2. The van der Waals surface area contributed by atoms with Crippen LogP contribution in [0.2, 0.25) is 0 Å². The molecule has 0 saturated carbocycles. The molecule has 1 saturated heterocycles. The number of likely N-dealkylation sites (N-methyl/N-ethyl adjacent to an activating group) is 1. The summed E-state index contributed by atoms with van der Waals surface area (Å²) in [6.07, 6.45) is 0.645. The maximum absolute atomic E-state index is 12.5. The first-order valence-electron chi connectivity index (χ1n) is 8.51. The van der Waals surface area contributed by atoms with E-state index in [1.807, 2.05) is 18.7 Å². The number of benzene rings is 1. The van der Waals surface area contributed by atoms with Crippen molar-refractivity contribution in [1.82, 2.24) is 9.80 Å². The highest BCUT2D eigenvalue weighted by Crippen LogP contribution is 2.14. The van der Waals surface area contributed by atoms with E-state index < -0.39 is 6.04 Å². The van der Waals surface area contributed by atoms with Gasteiger partial charge in [0.2, 0.25) is 5.91 Å². The maximum atomic E-state index is 12.5. The quantitative estimate of drug-likeness (QED) is 0.854. The van der Waals surface area contributed by atoms with Crippen LogP contribution in [-0.2, 0) is 4.79 Å². The number of rotatable bonds is 5. The highest BCUT2D eigenvalue weighted by Gasteiger charge is 2.20. The van der Waals surface area contributed by atoms with Gasteiger partial charge in [-0.25, -0.2) is 0 Å². The number of carbonyl (C=O) groups excluding carboxylic acids is 2. The molecule has 3 N–H and O–H groups in total. The van der Waals surface area contributed by atoms with E-state index in [0.29, 0.717) is 23.6 Å². The Labute approximate surface area is 144 Å². The summed E-state index contributed by atoms with van der Waals surface area (Å²) in [7, 11) is 2.06. The molecule has 1 aliphatic rings. The molecule has 1 aromatic rings. The Morgan fingerprint density at radius 3 is 2.25 bits per heavy atom. The van der Waals surface area contributed by atoms with Crippen LogP contribution in [0.5, 0.6) is 0 Å². The fourth-order valence-electron chi connectivity index (χ4n) is 2.74. The second-order valence-electron chi connectivity index (χ2n) is 6.90. The third-order valence-electron chi connectivity index (χ3n) is 4.25. The summed E-state index contributed by atoms with van der Waals surface area (Å²) >= 11 is 0. The maximum Gasteiger partial charge on any atom is 0.253 e. The summed E-state index contributed by atoms with van der Waals surface area (Å²) in [5.41, 5.74) is 7.18. The van der Waals surface area contributed by atoms with Gasteiger partial charge in [0.15, 0.2) is 0 Å². The lowest BCUT2D eigenvalue weighted by atomic mass is 10.0. The van der Waals surface area contributed by atoms with E-state index in [9.17, 15) is 9.59 Å². The molecule has 0 bridgehead atoms. The van der Waals surface area contributed by atoms with Crippen LogP contribution in [0.15, 0.2) is 24.3 Å². The van der Waals surface area contributed by atoms with Crippen molar-refractivity contribution in [2.45, 2.75) is 26.3 Å². The minimum atomic E-state index is -0.517. The van der Waals surface area contributed by atoms with E-state index in [-0.39, 0.29) is 11.8 Å². The molecule has 0 radical (unpaired) electrons. The van der Waals surface area contributed by atoms with E-state index in [0.717, 1.165) is 26.2 Å². The number of hydrogen-bond donors (Lipinski definition) is 2. The first kappa shape index (κ1) is 18.4. The molecule has 1 fully saturated rings. The van der Waals surface area contributed by atoms with Gasteiger partial charge in [-0.3, -0.25) is 9.59 Å². The molecule has 2 rings (SSSR count). The molecule has 6 nitrogen and oxygen atoms in total. The lowest BCUT2D eigenvalue weighted by molar-refractivity contribution is -0.117. The number of nitrogens with two attached hydrogens (primary N) is 1. The lowest BCUT2D eigenvalue weighted by Crippen LogP contribution is -2.47. The Morgan fingerprint density at radius 2 is 1.71 bits per heavy atom. The predicted molar refractivity (Wildman–Crippen MR) is 95.9 cm³/mol. The zero-order valence-corrected chi connectivity index (χ0v) is 14.8. The van der Waals surface area contributed by atoms with Crippen LogP contribution in [0.3, 0.4) is 0 Å². The van der Waals surface area contributed by atoms with E-state index in [1.165, 1.54) is 0 Å². The summed E-state index contributed by atoms with van der Waals surface area (Å²) in [6.45, 7) is 7.36. The molecular formula is C18H28N4O2. The first-order valence-corrected chi connectivity index (χ1v) is 8.51. The Hall–Kier alpha value is -1.92. The smallest absolute Gasteiger partial charge is 0.253 e. The Kier molecular flexibility index (Phi) is 6.34. The van der Waals surface area contributed by atoms with Gasteiger partial charge in [-0.1, -0.05) is 13.8 Å². The third kappa shape index (κ3) is 5.04. The molecule has 1 heterocycles. The molecular weight excluding hydrogens is 304 g/mol. The lowest BCUT2D eigenvalue weighted by Gasteiger charge is -2.32. The predicted octanol–water partition coefficient (Wildman–Crippen LogP) is 1.39. The SMILES string of the molecule is CC(C)C[C@H](N)C(=O)Nc1ccc(C(=O)N2CCN(C)CC2)cc1. The van der Waals surface area contributed by atoms with Gasteiger partial charge in [-0.2, -0.15) is 0 Å². The molecule has 1 atom stereocenters. The number of carbonyl (C=O) groups is 2. The molecule has 0 spiro atoms. The average molecular weight is 332 g/mol. The number of piperazine rings is 1. The van der Waals surface area contributed by atoms with Gasteiger partial charge < -0.3 is 20.9 Å². The van der Waals surface area contributed by atoms with E-state index in [1.54, 1.807) is 24.3 Å². The highest BCUT2D eigenvalue weighted by molar-refractivity contribution is 5.97. The second-order valence-corrected chi connectivity index (χ2v) is 6.90. The van der Waals surface area contributed by atoms with Crippen molar-refractivity contribution in [2.75, 3.05) is 38.5 Å². The normalized spacial score (nSPS) is 17.0. The van der Waals surface area contributed by atoms with Gasteiger partial charge in [0, 0.05) is 37.4 Å². The summed E-state index contributed by atoms with van der Waals surface area (Å²) < 4.78 is 0. The van der Waals surface area contributed by atoms with Crippen molar-refractivity contribution in [2.24, 2.45) is 11.7 Å². The monoisotopic (exact) mass is 332 g/mol. The Bertz CT molecular complexity index is 563. The summed E-state index contributed by atoms with van der Waals surface area (Å²) in [6, 6.07) is 6.50. The molecule has 24 heavy (non-hydrogen) atoms. The Morgan fingerprint density at radius 1 is 1.12 bits per heavy atom. The largest absolute Gasteiger partial charge is 0.336 e. The van der Waals surface area contributed by atoms with Gasteiger partial charge in [0.1, 0.15) is 0 Å². The van der Waals surface area contributed by atoms with Crippen LogP contribution < -0.4 is 11.1 Å². The van der Waals surface area contributed by atoms with E-state index in [2.05, 4.69) is 17.3 Å². The average Bonchev–Trinajstić information content (AvgIpc) is 2.55. The van der Waals surface area contributed by atoms with Gasteiger partial charge in [-0.05, 0) is 43.7 Å². The minimum Gasteiger partial charge on any atom is -0.336 e. The van der Waals surface area contributed by atoms with Crippen molar-refractivity contribution >= 4 is 17.5 Å². The standard InChI is InChI=1S/C18H28N4O2/c1-13(2)12-16(19)17(23)20-15-6-4-14(5-7-15)18(24)22-10-8-21(3)9-11-22/h4-7,13,16H,8-12,19H2,1-3H3,(H,20,23)/t16-/m0/s1. The number of hydrogen-bond acceptors (Lipinski definition) is 4. The van der Waals surface area contributed by atoms with E-state index in [4.69, 9.17) is 5.73 Å². The topological polar surface area (TPSA) is 78.7 Å². The Balaban J connectivity index is 1.93. The van der Waals surface area contributed by atoms with Crippen LogP contribution in [0.4, 0.5) is 5.69 Å². The van der Waals surface area contributed by atoms with Crippen LogP contribution in [-0.4, -0.2) is 60.9 Å². The van der Waals surface area contributed by atoms with Crippen LogP contribution in [0.1, 0.15) is 30.6 Å². The van der Waals surface area contributed by atoms with Crippen molar-refractivity contribution in [1.29, 1.82) is 0 Å². The van der Waals surface area contributed by atoms with Crippen LogP contribution in [0.25, 0.3) is 0 Å². The molecule has 6 heteroatoms. The van der Waals surface area contributed by atoms with Gasteiger partial charge in [0.05, 0.1) is 6.04 Å². The molecule has 0 aliphatic carbocycles. The van der Waals surface area contributed by atoms with Gasteiger partial charge in [-0.15, -0.1) is 0 Å². The molecule has 0 aromatic heterocycles. The molecule has 1 aliphatic heterocycles. The molecule has 1 aromatic carbocycles. The van der Waals surface area contributed by atoms with Crippen LogP contribution in [0, 0.1) is 5.92 Å². The van der Waals surface area contributed by atoms with Crippen molar-refractivity contribution in [3.8, 4) is 0 Å². The third-order valence-corrected chi connectivity index (χ3v) is 4.25. The van der Waals surface area contributed by atoms with Gasteiger partial charge >= 0.3 is 0 Å². The zero-order valence-electron chi connectivity index (χ0n) is 14.8. The van der Waals surface area contributed by atoms with Crippen molar-refractivity contribution in [3.63, 3.8) is 0 Å².